The zero-order valence-electron chi connectivity index (χ0n) is 61.9. The van der Waals surface area contributed by atoms with Crippen LogP contribution in [0.25, 0.3) is 0 Å². The molecule has 0 spiro atoms. The fourth-order valence-electron chi connectivity index (χ4n) is 11.5. The Morgan fingerprint density at radius 1 is 0.295 bits per heavy atom. The quantitative estimate of drug-likeness (QED) is 0.0145. The molecule has 4 rings (SSSR count). The predicted octanol–water partition coefficient (Wildman–Crippen LogP) is 25.7. The molecule has 0 heterocycles. The molecule has 0 aliphatic carbocycles. The van der Waals surface area contributed by atoms with Gasteiger partial charge in [-0.05, 0) is 88.1 Å². The molecule has 0 amide bonds. The van der Waals surface area contributed by atoms with Crippen LogP contribution in [0.5, 0.6) is 23.0 Å². The van der Waals surface area contributed by atoms with Crippen LogP contribution >= 0.6 is 0 Å². The van der Waals surface area contributed by atoms with Crippen molar-refractivity contribution in [2.45, 2.75) is 318 Å². The maximum absolute atomic E-state index is 6.71. The Morgan fingerprint density at radius 2 is 0.526 bits per heavy atom. The molecule has 0 saturated carbocycles. The highest BCUT2D eigenvalue weighted by atomic mass is 28.3. The van der Waals surface area contributed by atoms with Crippen molar-refractivity contribution < 1.29 is 18.9 Å². The number of benzene rings is 4. The number of unbranched alkanes of at least 4 members (excludes halogenated alkanes) is 36. The second kappa shape index (κ2) is 54.0. The summed E-state index contributed by atoms with van der Waals surface area (Å²) in [4.78, 5) is 0. The van der Waals surface area contributed by atoms with Gasteiger partial charge in [-0.1, -0.05) is 325 Å². The Hall–Kier alpha value is -6.06. The van der Waals surface area contributed by atoms with Crippen molar-refractivity contribution in [2.24, 2.45) is 10.3 Å². The van der Waals surface area contributed by atoms with Crippen LogP contribution in [0.2, 0.25) is 19.6 Å². The minimum absolute atomic E-state index is 0.612. The first-order valence-electron chi connectivity index (χ1n) is 38.9. The van der Waals surface area contributed by atoms with Crippen LogP contribution in [0.1, 0.15) is 337 Å². The van der Waals surface area contributed by atoms with Gasteiger partial charge in [-0.3, -0.25) is 5.01 Å². The SMILES string of the molecule is CCCCCCCCCCCCOc1cc(C#Cc2ccc(N=NN(CC)CC)cc2)c(OCCCCCCCCCCCC)cc1C#Cc1ccc(C#Cc2cc(OCCCCCCCCCCCC)c(C#C[Si](C)(C)C)cc2OCCCCCCCCCCCC)cc1. The zero-order chi connectivity index (χ0) is 67.9. The fourth-order valence-corrected chi connectivity index (χ4v) is 12.0. The third-order valence-corrected chi connectivity index (χ3v) is 18.4. The highest BCUT2D eigenvalue weighted by Gasteiger charge is 2.15. The van der Waals surface area contributed by atoms with Crippen molar-refractivity contribution in [2.75, 3.05) is 39.5 Å². The van der Waals surface area contributed by atoms with E-state index in [1.54, 1.807) is 0 Å². The molecule has 0 atom stereocenters. The summed E-state index contributed by atoms with van der Waals surface area (Å²) >= 11 is 0. The summed E-state index contributed by atoms with van der Waals surface area (Å²) in [6, 6.07) is 24.5. The lowest BCUT2D eigenvalue weighted by molar-refractivity contribution is 0.295. The van der Waals surface area contributed by atoms with E-state index in [1.165, 1.54) is 218 Å². The molecule has 0 bridgehead atoms. The van der Waals surface area contributed by atoms with Crippen molar-refractivity contribution in [3.63, 3.8) is 0 Å². The maximum atomic E-state index is 6.71. The van der Waals surface area contributed by atoms with E-state index in [4.69, 9.17) is 18.9 Å². The summed E-state index contributed by atoms with van der Waals surface area (Å²) in [6.45, 7) is 24.4. The van der Waals surface area contributed by atoms with E-state index in [9.17, 15) is 0 Å². The molecule has 0 aliphatic rings. The van der Waals surface area contributed by atoms with Crippen molar-refractivity contribution in [1.82, 2.24) is 5.01 Å². The zero-order valence-corrected chi connectivity index (χ0v) is 62.9. The molecule has 0 unspecified atom stereocenters. The van der Waals surface area contributed by atoms with Gasteiger partial charge >= 0.3 is 0 Å². The molecular formula is C87H131N3O4Si. The van der Waals surface area contributed by atoms with Crippen LogP contribution in [-0.2, 0) is 0 Å². The molecule has 0 saturated heterocycles. The number of hydrogen-bond acceptors (Lipinski definition) is 6. The Balaban J connectivity index is 1.65. The van der Waals surface area contributed by atoms with Crippen LogP contribution in [0.15, 0.2) is 83.1 Å². The third-order valence-electron chi connectivity index (χ3n) is 17.6. The van der Waals surface area contributed by atoms with Crippen LogP contribution in [-0.4, -0.2) is 52.6 Å². The highest BCUT2D eigenvalue weighted by molar-refractivity contribution is 6.83. The van der Waals surface area contributed by atoms with Gasteiger partial charge in [-0.2, -0.15) is 0 Å². The van der Waals surface area contributed by atoms with Gasteiger partial charge in [0.15, 0.2) is 0 Å². The van der Waals surface area contributed by atoms with E-state index in [2.05, 4.69) is 167 Å². The van der Waals surface area contributed by atoms with Gasteiger partial charge in [-0.15, -0.1) is 10.7 Å². The summed E-state index contributed by atoms with van der Waals surface area (Å²) < 4.78 is 26.7. The average Bonchev–Trinajstić information content (AvgIpc) is 0.937. The topological polar surface area (TPSA) is 64.9 Å². The summed E-state index contributed by atoms with van der Waals surface area (Å²) in [7, 11) is -1.69. The lowest BCUT2D eigenvalue weighted by Crippen LogP contribution is -2.16. The van der Waals surface area contributed by atoms with E-state index in [1.807, 2.05) is 29.3 Å². The highest BCUT2D eigenvalue weighted by Crippen LogP contribution is 2.32. The average molecular weight is 1310 g/mol. The third kappa shape index (κ3) is 39.7. The molecule has 0 aromatic heterocycles. The summed E-state index contributed by atoms with van der Waals surface area (Å²) in [5, 5.41) is 10.8. The monoisotopic (exact) mass is 1310 g/mol. The van der Waals surface area contributed by atoms with Crippen LogP contribution in [0, 0.1) is 47.0 Å². The summed E-state index contributed by atoms with van der Waals surface area (Å²) in [5.41, 5.74) is 10.4. The molecule has 4 aromatic carbocycles. The predicted molar refractivity (Wildman–Crippen MR) is 411 cm³/mol. The molecular weight excluding hydrogens is 1180 g/mol. The Kier molecular flexibility index (Phi) is 46.3. The van der Waals surface area contributed by atoms with Crippen molar-refractivity contribution in [3.05, 3.63) is 112 Å². The number of hydrogen-bond donors (Lipinski definition) is 0. The van der Waals surface area contributed by atoms with Crippen LogP contribution in [0.4, 0.5) is 5.69 Å². The molecule has 0 N–H and O–H groups in total. The number of nitrogens with zero attached hydrogens (tertiary/aromatic N) is 3. The lowest BCUT2D eigenvalue weighted by atomic mass is 10.1. The Labute approximate surface area is 584 Å². The molecule has 7 nitrogen and oxygen atoms in total. The number of ether oxygens (including phenoxy) is 4. The van der Waals surface area contributed by atoms with Gasteiger partial charge in [0.2, 0.25) is 0 Å². The van der Waals surface area contributed by atoms with E-state index in [-0.39, 0.29) is 0 Å². The van der Waals surface area contributed by atoms with Crippen LogP contribution < -0.4 is 18.9 Å². The van der Waals surface area contributed by atoms with E-state index < -0.39 is 8.07 Å². The van der Waals surface area contributed by atoms with Crippen LogP contribution in [0.3, 0.4) is 0 Å². The maximum Gasteiger partial charge on any atom is 0.136 e. The van der Waals surface area contributed by atoms with E-state index >= 15 is 0 Å². The second-order valence-electron chi connectivity index (χ2n) is 27.5. The minimum atomic E-state index is -1.69. The van der Waals surface area contributed by atoms with Crippen molar-refractivity contribution in [3.8, 4) is 70.0 Å². The van der Waals surface area contributed by atoms with E-state index in [0.29, 0.717) is 26.4 Å². The summed E-state index contributed by atoms with van der Waals surface area (Å²) in [6.07, 6.45) is 51.0. The fraction of sp³-hybridized carbons (Fsp3) is 0.632. The summed E-state index contributed by atoms with van der Waals surface area (Å²) in [5.74, 6) is 27.6. The minimum Gasteiger partial charge on any atom is -0.492 e. The van der Waals surface area contributed by atoms with Crippen molar-refractivity contribution >= 4 is 13.8 Å². The van der Waals surface area contributed by atoms with Gasteiger partial charge < -0.3 is 18.9 Å². The first-order chi connectivity index (χ1) is 46.6. The van der Waals surface area contributed by atoms with Gasteiger partial charge in [-0.25, -0.2) is 0 Å². The molecule has 0 aliphatic heterocycles. The molecule has 522 valence electrons. The standard InChI is InChI=1S/C87H131N3O4Si/c1-10-16-20-24-28-32-36-40-44-48-67-91-84-73-80(63-58-78-59-64-83(65-60-78)88-89-90(14-5)15-6)85(92-68-49-45-41-37-33-29-25-21-17-11-2)72-79(84)61-56-76-52-54-77(55-53-76)57-62-81-74-87(94-70-51-47-43-39-35-31-27-23-19-13-4)82(66-71-95(7,8)9)75-86(81)93-69-50-46-42-38-34-30-26-22-18-12-3/h52-55,59-60,64-65,72-75H,10-51,67-70H2,1-9H3. The first kappa shape index (κ1) is 81.4. The van der Waals surface area contributed by atoms with E-state index in [0.717, 1.165) is 119 Å². The number of rotatable bonds is 52. The Morgan fingerprint density at radius 3 is 0.768 bits per heavy atom. The molecule has 0 fully saturated rings. The smallest absolute Gasteiger partial charge is 0.136 e. The first-order valence-corrected chi connectivity index (χ1v) is 42.4. The van der Waals surface area contributed by atoms with Gasteiger partial charge in [0.1, 0.15) is 31.1 Å². The van der Waals surface area contributed by atoms with Gasteiger partial charge in [0, 0.05) is 54.0 Å². The molecule has 0 radical (unpaired) electrons. The second-order valence-corrected chi connectivity index (χ2v) is 32.3. The molecule has 8 heteroatoms. The van der Waals surface area contributed by atoms with Crippen molar-refractivity contribution in [1.29, 1.82) is 0 Å². The van der Waals surface area contributed by atoms with Gasteiger partial charge in [0.05, 0.1) is 54.4 Å². The Bertz CT molecular complexity index is 2910. The molecule has 4 aromatic rings. The lowest BCUT2D eigenvalue weighted by Gasteiger charge is -2.14. The van der Waals surface area contributed by atoms with Gasteiger partial charge in [0.25, 0.3) is 0 Å². The normalized spacial score (nSPS) is 11.1. The molecule has 95 heavy (non-hydrogen) atoms. The largest absolute Gasteiger partial charge is 0.492 e.